The van der Waals surface area contributed by atoms with Crippen molar-refractivity contribution in [3.8, 4) is 22.8 Å². The number of hydrogen-bond donors (Lipinski definition) is 2. The third kappa shape index (κ3) is 4.84. The van der Waals surface area contributed by atoms with Crippen LogP contribution < -0.4 is 20.5 Å². The summed E-state index contributed by atoms with van der Waals surface area (Å²) >= 11 is 0. The average Bonchev–Trinajstić information content (AvgIpc) is 3.59. The first-order chi connectivity index (χ1) is 19.0. The van der Waals surface area contributed by atoms with Crippen LogP contribution in [0.5, 0.6) is 11.5 Å². The van der Waals surface area contributed by atoms with Crippen LogP contribution in [0.15, 0.2) is 42.9 Å². The van der Waals surface area contributed by atoms with Crippen LogP contribution in [0.1, 0.15) is 23.3 Å². The Labute approximate surface area is 225 Å². The third-order valence-electron chi connectivity index (χ3n) is 7.39. The van der Waals surface area contributed by atoms with Gasteiger partial charge in [0.1, 0.15) is 23.5 Å². The predicted molar refractivity (Wildman–Crippen MR) is 147 cm³/mol. The second-order valence-electron chi connectivity index (χ2n) is 9.96. The molecule has 3 N–H and O–H groups in total. The summed E-state index contributed by atoms with van der Waals surface area (Å²) in [6, 6.07) is 9.40. The van der Waals surface area contributed by atoms with Crippen molar-refractivity contribution in [2.75, 3.05) is 51.6 Å². The summed E-state index contributed by atoms with van der Waals surface area (Å²) in [7, 11) is 4.29. The molecule has 1 fully saturated rings. The maximum Gasteiger partial charge on any atom is 0.274 e. The Balaban J connectivity index is 1.29. The highest BCUT2D eigenvalue weighted by atomic mass is 16.7. The number of nitrogens with two attached hydrogens (primary N) is 1. The molecule has 0 atom stereocenters. The van der Waals surface area contributed by atoms with E-state index >= 15 is 0 Å². The predicted octanol–water partition coefficient (Wildman–Crippen LogP) is 2.48. The van der Waals surface area contributed by atoms with Crippen molar-refractivity contribution in [3.63, 3.8) is 0 Å². The lowest BCUT2D eigenvalue weighted by Crippen LogP contribution is -2.42. The van der Waals surface area contributed by atoms with Gasteiger partial charge >= 0.3 is 0 Å². The van der Waals surface area contributed by atoms with Gasteiger partial charge in [-0.3, -0.25) is 9.78 Å². The van der Waals surface area contributed by atoms with Gasteiger partial charge in [-0.15, -0.1) is 0 Å². The molecule has 2 aliphatic heterocycles. The van der Waals surface area contributed by atoms with Gasteiger partial charge in [-0.2, -0.15) is 5.10 Å². The number of likely N-dealkylation sites (tertiary alicyclic amines) is 1. The molecule has 0 saturated carbocycles. The number of pyridine rings is 1. The second kappa shape index (κ2) is 10.5. The summed E-state index contributed by atoms with van der Waals surface area (Å²) < 4.78 is 13.5. The second-order valence-corrected chi connectivity index (χ2v) is 9.96. The monoisotopic (exact) mass is 529 g/mol. The molecular formula is C27H31N9O3. The minimum absolute atomic E-state index is 0.0202. The molecule has 202 valence electrons. The lowest BCUT2D eigenvalue weighted by molar-refractivity contribution is 0.102. The van der Waals surface area contributed by atoms with Crippen molar-refractivity contribution < 1.29 is 14.3 Å². The van der Waals surface area contributed by atoms with Gasteiger partial charge in [0.15, 0.2) is 17.1 Å². The van der Waals surface area contributed by atoms with Crippen LogP contribution in [-0.2, 0) is 6.54 Å². The zero-order valence-corrected chi connectivity index (χ0v) is 22.0. The summed E-state index contributed by atoms with van der Waals surface area (Å²) in [6.07, 6.45) is 5.34. The van der Waals surface area contributed by atoms with E-state index in [1.54, 1.807) is 30.5 Å². The van der Waals surface area contributed by atoms with Gasteiger partial charge in [0.25, 0.3) is 5.91 Å². The van der Waals surface area contributed by atoms with E-state index in [9.17, 15) is 4.79 Å². The number of nitrogens with zero attached hydrogens (tertiary/aromatic N) is 7. The Hall–Kier alpha value is -4.29. The fourth-order valence-electron chi connectivity index (χ4n) is 5.24. The van der Waals surface area contributed by atoms with Crippen LogP contribution in [0.4, 0.5) is 11.5 Å². The Morgan fingerprint density at radius 3 is 2.67 bits per heavy atom. The third-order valence-corrected chi connectivity index (χ3v) is 7.39. The fourth-order valence-corrected chi connectivity index (χ4v) is 5.24. The highest BCUT2D eigenvalue weighted by molar-refractivity contribution is 6.05. The van der Waals surface area contributed by atoms with E-state index in [1.165, 1.54) is 6.33 Å². The summed E-state index contributed by atoms with van der Waals surface area (Å²) in [4.78, 5) is 30.4. The number of nitrogen functional groups attached to an aromatic ring is 1. The highest BCUT2D eigenvalue weighted by Gasteiger charge is 2.28. The number of piperidine rings is 1. The van der Waals surface area contributed by atoms with Crippen molar-refractivity contribution in [3.05, 3.63) is 48.5 Å². The molecule has 5 heterocycles. The normalized spacial score (nSPS) is 15.8. The van der Waals surface area contributed by atoms with E-state index in [-0.39, 0.29) is 12.7 Å². The van der Waals surface area contributed by atoms with Crippen LogP contribution in [-0.4, -0.2) is 87.0 Å². The Morgan fingerprint density at radius 2 is 1.90 bits per heavy atom. The number of hydrogen-bond acceptors (Lipinski definition) is 10. The van der Waals surface area contributed by atoms with Crippen molar-refractivity contribution >= 4 is 28.4 Å². The van der Waals surface area contributed by atoms with E-state index in [4.69, 9.17) is 20.3 Å². The molecule has 3 aromatic heterocycles. The molecule has 6 rings (SSSR count). The van der Waals surface area contributed by atoms with Gasteiger partial charge in [-0.1, -0.05) is 6.07 Å². The fraction of sp³-hybridized carbons (Fsp3) is 0.370. The van der Waals surface area contributed by atoms with E-state index in [1.807, 2.05) is 10.7 Å². The molecule has 0 bridgehead atoms. The summed E-state index contributed by atoms with van der Waals surface area (Å²) in [5, 5.41) is 8.46. The van der Waals surface area contributed by atoms with Crippen molar-refractivity contribution in [1.29, 1.82) is 0 Å². The first kappa shape index (κ1) is 25.0. The molecule has 0 unspecified atom stereocenters. The SMILES string of the molecule is CN(C)C1CCN(CCn2nc(-c3ccc(NC(=O)c4ccccn4)c4c3OCO4)c3c(N)ncnc32)CC1. The van der Waals surface area contributed by atoms with Gasteiger partial charge in [-0.05, 0) is 64.3 Å². The molecule has 1 saturated heterocycles. The molecule has 1 aromatic carbocycles. The first-order valence-electron chi connectivity index (χ1n) is 13.0. The zero-order valence-electron chi connectivity index (χ0n) is 22.0. The molecule has 1 amide bonds. The number of anilines is 2. The zero-order chi connectivity index (χ0) is 26.9. The number of carbonyl (C=O) groups excluding carboxylic acids is 1. The molecule has 12 nitrogen and oxygen atoms in total. The molecule has 4 aromatic rings. The molecule has 0 aliphatic carbocycles. The smallest absolute Gasteiger partial charge is 0.274 e. The molecule has 0 radical (unpaired) electrons. The first-order valence-corrected chi connectivity index (χ1v) is 13.0. The van der Waals surface area contributed by atoms with Crippen LogP contribution in [0.25, 0.3) is 22.3 Å². The highest BCUT2D eigenvalue weighted by Crippen LogP contribution is 2.47. The summed E-state index contributed by atoms with van der Waals surface area (Å²) in [6.45, 7) is 3.65. The Bertz CT molecular complexity index is 1500. The number of rotatable bonds is 7. The quantitative estimate of drug-likeness (QED) is 0.367. The number of fused-ring (bicyclic) bond motifs is 2. The maximum absolute atomic E-state index is 12.7. The molecular weight excluding hydrogens is 498 g/mol. The Kier molecular flexibility index (Phi) is 6.71. The minimum atomic E-state index is -0.344. The van der Waals surface area contributed by atoms with Crippen LogP contribution in [0.3, 0.4) is 0 Å². The molecule has 12 heteroatoms. The van der Waals surface area contributed by atoms with Crippen molar-refractivity contribution in [2.24, 2.45) is 0 Å². The van der Waals surface area contributed by atoms with E-state index < -0.39 is 0 Å². The lowest BCUT2D eigenvalue weighted by atomic mass is 10.0. The number of benzene rings is 1. The van der Waals surface area contributed by atoms with E-state index in [0.29, 0.717) is 63.6 Å². The number of ether oxygens (including phenoxy) is 2. The number of carbonyl (C=O) groups is 1. The van der Waals surface area contributed by atoms with Gasteiger partial charge in [-0.25, -0.2) is 14.6 Å². The van der Waals surface area contributed by atoms with Crippen LogP contribution >= 0.6 is 0 Å². The summed E-state index contributed by atoms with van der Waals surface area (Å²) in [5.41, 5.74) is 9.09. The average molecular weight is 530 g/mol. The molecule has 2 aliphatic rings. The van der Waals surface area contributed by atoms with Gasteiger partial charge in [0.2, 0.25) is 6.79 Å². The van der Waals surface area contributed by atoms with Gasteiger partial charge < -0.3 is 30.3 Å². The standard InChI is InChI=1S/C27H31N9O3/c1-34(2)17-8-11-35(12-9-17)13-14-36-26-21(25(28)30-15-31-26)22(33-36)18-6-7-19(24-23(18)38-16-39-24)32-27(37)20-5-3-4-10-29-20/h3-7,10,15,17H,8-9,11-14,16H2,1-2H3,(H,32,37)(H2,28,30,31). The molecule has 0 spiro atoms. The number of aromatic nitrogens is 5. The largest absolute Gasteiger partial charge is 0.453 e. The van der Waals surface area contributed by atoms with Crippen molar-refractivity contribution in [2.45, 2.75) is 25.4 Å². The lowest BCUT2D eigenvalue weighted by Gasteiger charge is -2.35. The topological polar surface area (TPSA) is 137 Å². The minimum Gasteiger partial charge on any atom is -0.453 e. The van der Waals surface area contributed by atoms with Gasteiger partial charge in [0.05, 0.1) is 17.6 Å². The Morgan fingerprint density at radius 1 is 1.08 bits per heavy atom. The van der Waals surface area contributed by atoms with E-state index in [2.05, 4.69) is 44.2 Å². The van der Waals surface area contributed by atoms with E-state index in [0.717, 1.165) is 32.5 Å². The molecule has 39 heavy (non-hydrogen) atoms. The van der Waals surface area contributed by atoms with Crippen LogP contribution in [0, 0.1) is 0 Å². The van der Waals surface area contributed by atoms with Crippen LogP contribution in [0.2, 0.25) is 0 Å². The number of amides is 1. The maximum atomic E-state index is 12.7. The van der Waals surface area contributed by atoms with Gasteiger partial charge in [0, 0.05) is 24.3 Å². The van der Waals surface area contributed by atoms with Crippen molar-refractivity contribution in [1.82, 2.24) is 34.5 Å². The summed E-state index contributed by atoms with van der Waals surface area (Å²) in [5.74, 6) is 0.907. The number of nitrogens with one attached hydrogen (secondary N) is 1.